The number of likely N-dealkylation sites (N-methyl/N-ethyl adjacent to an activating group) is 1. The number of anilines is 1. The minimum absolute atomic E-state index is 0.163. The predicted molar refractivity (Wildman–Crippen MR) is 118 cm³/mol. The third-order valence-corrected chi connectivity index (χ3v) is 4.86. The van der Waals surface area contributed by atoms with E-state index in [0.717, 1.165) is 6.54 Å². The molecule has 158 valence electrons. The number of nitrogens with one attached hydrogen (secondary N) is 2. The highest BCUT2D eigenvalue weighted by molar-refractivity contribution is 6.06. The molecule has 0 saturated carbocycles. The minimum atomic E-state index is -0.285. The molecule has 0 aliphatic heterocycles. The molecule has 0 atom stereocenters. The summed E-state index contributed by atoms with van der Waals surface area (Å²) in [6.07, 6.45) is 0. The molecule has 31 heavy (non-hydrogen) atoms. The number of rotatable bonds is 6. The second-order valence-corrected chi connectivity index (χ2v) is 7.45. The highest BCUT2D eigenvalue weighted by Gasteiger charge is 2.17. The summed E-state index contributed by atoms with van der Waals surface area (Å²) in [5.74, 6) is 0.490. The number of aromatic nitrogens is 4. The third-order valence-electron chi connectivity index (χ3n) is 4.86. The summed E-state index contributed by atoms with van der Waals surface area (Å²) in [6.45, 7) is 3.11. The van der Waals surface area contributed by atoms with E-state index in [9.17, 15) is 9.59 Å². The van der Waals surface area contributed by atoms with Crippen LogP contribution >= 0.6 is 0 Å². The van der Waals surface area contributed by atoms with Crippen molar-refractivity contribution in [1.29, 1.82) is 0 Å². The maximum atomic E-state index is 12.6. The lowest BCUT2D eigenvalue weighted by atomic mass is 10.1. The molecule has 9 nitrogen and oxygen atoms in total. The molecule has 2 aromatic heterocycles. The number of amides is 2. The summed E-state index contributed by atoms with van der Waals surface area (Å²) in [5, 5.41) is 14.1. The first-order chi connectivity index (χ1) is 14.9. The molecule has 9 heteroatoms. The topological polar surface area (TPSA) is 105 Å². The van der Waals surface area contributed by atoms with Crippen LogP contribution in [0.2, 0.25) is 0 Å². The largest absolute Gasteiger partial charge is 0.351 e. The van der Waals surface area contributed by atoms with Crippen LogP contribution in [0.3, 0.4) is 0 Å². The smallest absolute Gasteiger partial charge is 0.256 e. The maximum Gasteiger partial charge on any atom is 0.256 e. The van der Waals surface area contributed by atoms with Gasteiger partial charge >= 0.3 is 0 Å². The fraction of sp³-hybridized carbons (Fsp3) is 0.227. The van der Waals surface area contributed by atoms with Gasteiger partial charge in [0.25, 0.3) is 11.8 Å². The Morgan fingerprint density at radius 2 is 1.77 bits per heavy atom. The first-order valence-corrected chi connectivity index (χ1v) is 9.89. The Labute approximate surface area is 179 Å². The average molecular weight is 417 g/mol. The monoisotopic (exact) mass is 417 g/mol. The molecule has 0 aliphatic rings. The van der Waals surface area contributed by atoms with Crippen molar-refractivity contribution < 1.29 is 9.59 Å². The van der Waals surface area contributed by atoms with Crippen molar-refractivity contribution in [3.63, 3.8) is 0 Å². The standard InChI is InChI=1S/C22H23N7O2/c1-14-26-27-20-19(25-22(31)15-7-5-4-6-8-15)24-17-10-9-16(13-18(17)29(14)20)21(30)23-11-12-28(2)3/h4-10,13H,11-12H2,1-3H3,(H,23,30)(H,24,25,31). The minimum Gasteiger partial charge on any atom is -0.351 e. The van der Waals surface area contributed by atoms with Crippen LogP contribution < -0.4 is 10.6 Å². The summed E-state index contributed by atoms with van der Waals surface area (Å²) in [4.78, 5) is 31.8. The highest BCUT2D eigenvalue weighted by atomic mass is 16.2. The molecule has 4 aromatic rings. The average Bonchev–Trinajstić information content (AvgIpc) is 3.16. The summed E-state index contributed by atoms with van der Waals surface area (Å²) in [5.41, 5.74) is 2.76. The normalized spacial score (nSPS) is 11.2. The Morgan fingerprint density at radius 1 is 1.00 bits per heavy atom. The number of hydrogen-bond acceptors (Lipinski definition) is 6. The van der Waals surface area contributed by atoms with Gasteiger partial charge in [-0.3, -0.25) is 14.0 Å². The second-order valence-electron chi connectivity index (χ2n) is 7.45. The Morgan fingerprint density at radius 3 is 2.52 bits per heavy atom. The maximum absolute atomic E-state index is 12.6. The first-order valence-electron chi connectivity index (χ1n) is 9.89. The van der Waals surface area contributed by atoms with E-state index in [1.54, 1.807) is 46.9 Å². The summed E-state index contributed by atoms with van der Waals surface area (Å²) in [6, 6.07) is 14.1. The van der Waals surface area contributed by atoms with Gasteiger partial charge in [0.05, 0.1) is 11.0 Å². The summed E-state index contributed by atoms with van der Waals surface area (Å²) < 4.78 is 1.79. The van der Waals surface area contributed by atoms with Gasteiger partial charge in [0.1, 0.15) is 5.82 Å². The zero-order valence-electron chi connectivity index (χ0n) is 17.6. The van der Waals surface area contributed by atoms with Gasteiger partial charge < -0.3 is 15.5 Å². The fourth-order valence-electron chi connectivity index (χ4n) is 3.26. The first kappa shape index (κ1) is 20.4. The molecule has 2 N–H and O–H groups in total. The number of fused-ring (bicyclic) bond motifs is 3. The Bertz CT molecular complexity index is 1270. The van der Waals surface area contributed by atoms with E-state index in [2.05, 4.69) is 25.8 Å². The van der Waals surface area contributed by atoms with Crippen molar-refractivity contribution in [1.82, 2.24) is 29.8 Å². The van der Waals surface area contributed by atoms with Crippen LogP contribution in [0.4, 0.5) is 5.82 Å². The molecule has 2 amide bonds. The third kappa shape index (κ3) is 4.22. The van der Waals surface area contributed by atoms with Gasteiger partial charge in [-0.2, -0.15) is 0 Å². The zero-order chi connectivity index (χ0) is 22.0. The van der Waals surface area contributed by atoms with Crippen molar-refractivity contribution in [3.8, 4) is 0 Å². The van der Waals surface area contributed by atoms with Crippen molar-refractivity contribution in [2.24, 2.45) is 0 Å². The van der Waals surface area contributed by atoms with E-state index in [4.69, 9.17) is 0 Å². The number of hydrogen-bond donors (Lipinski definition) is 2. The van der Waals surface area contributed by atoms with Gasteiger partial charge in [0, 0.05) is 24.2 Å². The molecule has 2 heterocycles. The van der Waals surface area contributed by atoms with E-state index in [-0.39, 0.29) is 11.8 Å². The Hall–Kier alpha value is -3.85. The summed E-state index contributed by atoms with van der Waals surface area (Å²) >= 11 is 0. The molecule has 0 aliphatic carbocycles. The van der Waals surface area contributed by atoms with E-state index >= 15 is 0 Å². The molecule has 0 radical (unpaired) electrons. The van der Waals surface area contributed by atoms with Crippen molar-refractivity contribution in [3.05, 3.63) is 65.5 Å². The molecule has 0 saturated heterocycles. The van der Waals surface area contributed by atoms with Crippen LogP contribution in [0.15, 0.2) is 48.5 Å². The van der Waals surface area contributed by atoms with Gasteiger partial charge in [-0.05, 0) is 51.4 Å². The quantitative estimate of drug-likeness (QED) is 0.498. The van der Waals surface area contributed by atoms with Crippen LogP contribution in [-0.2, 0) is 0 Å². The van der Waals surface area contributed by atoms with E-state index < -0.39 is 0 Å². The molecule has 0 fully saturated rings. The van der Waals surface area contributed by atoms with Crippen LogP contribution in [0.5, 0.6) is 0 Å². The van der Waals surface area contributed by atoms with Gasteiger partial charge in [0.2, 0.25) is 5.65 Å². The van der Waals surface area contributed by atoms with Gasteiger partial charge in [0.15, 0.2) is 5.82 Å². The van der Waals surface area contributed by atoms with Gasteiger partial charge in [-0.25, -0.2) is 4.98 Å². The van der Waals surface area contributed by atoms with Crippen LogP contribution in [0, 0.1) is 6.92 Å². The molecule has 0 bridgehead atoms. The lowest BCUT2D eigenvalue weighted by Gasteiger charge is -2.12. The molecular formula is C22H23N7O2. The van der Waals surface area contributed by atoms with Crippen LogP contribution in [-0.4, -0.2) is 63.5 Å². The predicted octanol–water partition coefficient (Wildman–Crippen LogP) is 2.13. The number of carbonyl (C=O) groups excluding carboxylic acids is 2. The van der Waals surface area contributed by atoms with Crippen molar-refractivity contribution in [2.45, 2.75) is 6.92 Å². The van der Waals surface area contributed by atoms with Crippen molar-refractivity contribution in [2.75, 3.05) is 32.5 Å². The molecule has 2 aromatic carbocycles. The lowest BCUT2D eigenvalue weighted by molar-refractivity contribution is 0.0950. The summed E-state index contributed by atoms with van der Waals surface area (Å²) in [7, 11) is 3.90. The van der Waals surface area contributed by atoms with Crippen LogP contribution in [0.1, 0.15) is 26.5 Å². The van der Waals surface area contributed by atoms with Crippen LogP contribution in [0.25, 0.3) is 16.7 Å². The van der Waals surface area contributed by atoms with E-state index in [0.29, 0.717) is 46.0 Å². The SMILES string of the molecule is Cc1nnc2c(NC(=O)c3ccccc3)nc3ccc(C(=O)NCCN(C)C)cc3n12. The zero-order valence-corrected chi connectivity index (χ0v) is 17.6. The molecule has 4 rings (SSSR count). The number of nitrogens with zero attached hydrogens (tertiary/aromatic N) is 5. The lowest BCUT2D eigenvalue weighted by Crippen LogP contribution is -2.31. The number of aryl methyl sites for hydroxylation is 1. The molecule has 0 spiro atoms. The van der Waals surface area contributed by atoms with E-state index in [1.807, 2.05) is 32.0 Å². The Balaban J connectivity index is 1.71. The number of benzene rings is 2. The second kappa shape index (κ2) is 8.49. The van der Waals surface area contributed by atoms with E-state index in [1.165, 1.54) is 0 Å². The number of carbonyl (C=O) groups is 2. The van der Waals surface area contributed by atoms with Gasteiger partial charge in [-0.1, -0.05) is 18.2 Å². The van der Waals surface area contributed by atoms with Crippen molar-refractivity contribution >= 4 is 34.3 Å². The highest BCUT2D eigenvalue weighted by Crippen LogP contribution is 2.23. The van der Waals surface area contributed by atoms with Gasteiger partial charge in [-0.15, -0.1) is 10.2 Å². The Kier molecular flexibility index (Phi) is 5.59. The molecular weight excluding hydrogens is 394 g/mol. The molecule has 0 unspecified atom stereocenters. The fourth-order valence-corrected chi connectivity index (χ4v) is 3.26.